The van der Waals surface area contributed by atoms with E-state index in [9.17, 15) is 9.59 Å². The van der Waals surface area contributed by atoms with Gasteiger partial charge in [-0.3, -0.25) is 9.59 Å². The van der Waals surface area contributed by atoms with Crippen molar-refractivity contribution in [2.24, 2.45) is 0 Å². The van der Waals surface area contributed by atoms with Crippen molar-refractivity contribution in [3.05, 3.63) is 0 Å². The highest BCUT2D eigenvalue weighted by atomic mass is 16.3. The molecule has 2 N–H and O–H groups in total. The largest absolute Gasteiger partial charge is 0.394 e. The summed E-state index contributed by atoms with van der Waals surface area (Å²) >= 11 is 0. The maximum absolute atomic E-state index is 10.4. The molecule has 0 unspecified atom stereocenters. The van der Waals surface area contributed by atoms with Crippen LogP contribution < -0.4 is 0 Å². The van der Waals surface area contributed by atoms with Crippen LogP contribution in [0.15, 0.2) is 0 Å². The fourth-order valence-corrected chi connectivity index (χ4v) is 0.850. The van der Waals surface area contributed by atoms with Gasteiger partial charge >= 0.3 is 0 Å². The van der Waals surface area contributed by atoms with Crippen LogP contribution in [0.5, 0.6) is 0 Å². The molecule has 4 heteroatoms. The first-order valence-corrected chi connectivity index (χ1v) is 4.00. The summed E-state index contributed by atoms with van der Waals surface area (Å²) < 4.78 is 0. The number of hydrogen-bond donors (Lipinski definition) is 2. The molecule has 1 fully saturated rings. The number of Topliss-reactive ketones (excluding diaryl/α,β-unsaturated/α-hetero) is 2. The molecule has 1 rings (SSSR count). The predicted octanol–water partition coefficient (Wildman–Crippen LogP) is -0.330. The molecule has 1 saturated carbocycles. The predicted molar refractivity (Wildman–Crippen MR) is 42.7 cm³/mol. The standard InChI is InChI=1S/C6H8O2.C2H6O2/c7-5-3-1-2-4-6(5)8;3-1-2-4/h1-4H2;3-4H,1-2H2. The second kappa shape index (κ2) is 6.94. The molecule has 0 atom stereocenters. The Morgan fingerprint density at radius 3 is 1.42 bits per heavy atom. The van der Waals surface area contributed by atoms with Crippen molar-refractivity contribution in [2.45, 2.75) is 25.7 Å². The van der Waals surface area contributed by atoms with Crippen LogP contribution in [0.1, 0.15) is 25.7 Å². The van der Waals surface area contributed by atoms with E-state index in [2.05, 4.69) is 0 Å². The van der Waals surface area contributed by atoms with Gasteiger partial charge in [-0.1, -0.05) is 0 Å². The van der Waals surface area contributed by atoms with Crippen LogP contribution in [-0.2, 0) is 9.59 Å². The third-order valence-electron chi connectivity index (χ3n) is 1.47. The Morgan fingerprint density at radius 1 is 0.917 bits per heavy atom. The Hall–Kier alpha value is -0.740. The van der Waals surface area contributed by atoms with Crippen molar-refractivity contribution in [3.8, 4) is 0 Å². The zero-order valence-corrected chi connectivity index (χ0v) is 6.95. The van der Waals surface area contributed by atoms with Crippen LogP contribution in [0.4, 0.5) is 0 Å². The zero-order valence-electron chi connectivity index (χ0n) is 6.95. The van der Waals surface area contributed by atoms with Crippen molar-refractivity contribution in [2.75, 3.05) is 13.2 Å². The first kappa shape index (κ1) is 11.3. The van der Waals surface area contributed by atoms with E-state index < -0.39 is 0 Å². The lowest BCUT2D eigenvalue weighted by molar-refractivity contribution is -0.137. The molecule has 0 amide bonds. The van der Waals surface area contributed by atoms with E-state index in [0.717, 1.165) is 12.8 Å². The first-order valence-electron chi connectivity index (χ1n) is 4.00. The minimum atomic E-state index is -0.170. The molecule has 0 aliphatic heterocycles. The normalized spacial score (nSPS) is 16.8. The minimum absolute atomic E-state index is 0.125. The molecule has 0 aromatic carbocycles. The van der Waals surface area contributed by atoms with Crippen molar-refractivity contribution >= 4 is 11.6 Å². The van der Waals surface area contributed by atoms with E-state index >= 15 is 0 Å². The van der Waals surface area contributed by atoms with Gasteiger partial charge in [0, 0.05) is 12.8 Å². The van der Waals surface area contributed by atoms with Crippen LogP contribution in [0.25, 0.3) is 0 Å². The van der Waals surface area contributed by atoms with E-state index in [1.165, 1.54) is 0 Å². The number of aliphatic hydroxyl groups is 2. The fraction of sp³-hybridized carbons (Fsp3) is 0.750. The highest BCUT2D eigenvalue weighted by Gasteiger charge is 2.16. The Labute approximate surface area is 71.2 Å². The van der Waals surface area contributed by atoms with Gasteiger partial charge in [0.25, 0.3) is 0 Å². The Bertz CT molecular complexity index is 135. The van der Waals surface area contributed by atoms with Crippen LogP contribution in [0.3, 0.4) is 0 Å². The first-order chi connectivity index (χ1) is 5.72. The molecule has 1 aliphatic rings. The molecule has 1 aliphatic carbocycles. The molecule has 12 heavy (non-hydrogen) atoms. The minimum Gasteiger partial charge on any atom is -0.394 e. The molecule has 0 radical (unpaired) electrons. The van der Waals surface area contributed by atoms with Gasteiger partial charge in [0.1, 0.15) is 0 Å². The highest BCUT2D eigenvalue weighted by molar-refractivity contribution is 6.37. The Balaban J connectivity index is 0.000000261. The molecular formula is C8H14O4. The van der Waals surface area contributed by atoms with Crippen molar-refractivity contribution in [1.29, 1.82) is 0 Å². The van der Waals surface area contributed by atoms with Crippen molar-refractivity contribution in [1.82, 2.24) is 0 Å². The lowest BCUT2D eigenvalue weighted by atomic mass is 9.98. The maximum atomic E-state index is 10.4. The van der Waals surface area contributed by atoms with E-state index in [0.29, 0.717) is 12.8 Å². The van der Waals surface area contributed by atoms with Gasteiger partial charge < -0.3 is 10.2 Å². The van der Waals surface area contributed by atoms with Crippen molar-refractivity contribution < 1.29 is 19.8 Å². The van der Waals surface area contributed by atoms with E-state index in [4.69, 9.17) is 10.2 Å². The van der Waals surface area contributed by atoms with Crippen LogP contribution in [-0.4, -0.2) is 35.0 Å². The SMILES string of the molecule is O=C1CCCCC1=O.OCCO. The molecular weight excluding hydrogens is 160 g/mol. The van der Waals surface area contributed by atoms with E-state index in [1.807, 2.05) is 0 Å². The average molecular weight is 174 g/mol. The van der Waals surface area contributed by atoms with Crippen molar-refractivity contribution in [3.63, 3.8) is 0 Å². The average Bonchev–Trinajstić information content (AvgIpc) is 2.11. The summed E-state index contributed by atoms with van der Waals surface area (Å²) in [6.45, 7) is -0.250. The van der Waals surface area contributed by atoms with Gasteiger partial charge in [0.15, 0.2) is 11.6 Å². The van der Waals surface area contributed by atoms with E-state index in [1.54, 1.807) is 0 Å². The summed E-state index contributed by atoms with van der Waals surface area (Å²) in [6, 6.07) is 0. The number of carbonyl (C=O) groups excluding carboxylic acids is 2. The van der Waals surface area contributed by atoms with E-state index in [-0.39, 0.29) is 24.8 Å². The third-order valence-corrected chi connectivity index (χ3v) is 1.47. The van der Waals surface area contributed by atoms with Gasteiger partial charge in [-0.25, -0.2) is 0 Å². The molecule has 0 heterocycles. The number of rotatable bonds is 1. The fourth-order valence-electron chi connectivity index (χ4n) is 0.850. The Morgan fingerprint density at radius 2 is 1.25 bits per heavy atom. The van der Waals surface area contributed by atoms with Crippen LogP contribution in [0.2, 0.25) is 0 Å². The van der Waals surface area contributed by atoms with Gasteiger partial charge in [-0.2, -0.15) is 0 Å². The summed E-state index contributed by atoms with van der Waals surface area (Å²) in [5, 5.41) is 15.2. The number of ketones is 2. The lowest BCUT2D eigenvalue weighted by Gasteiger charge is -2.04. The van der Waals surface area contributed by atoms with Crippen LogP contribution >= 0.6 is 0 Å². The molecule has 0 aromatic heterocycles. The zero-order chi connectivity index (χ0) is 9.40. The molecule has 0 bridgehead atoms. The monoisotopic (exact) mass is 174 g/mol. The highest BCUT2D eigenvalue weighted by Crippen LogP contribution is 2.09. The molecule has 70 valence electrons. The molecule has 0 saturated heterocycles. The third kappa shape index (κ3) is 4.98. The Kier molecular flexibility index (Phi) is 6.51. The summed E-state index contributed by atoms with van der Waals surface area (Å²) in [6.07, 6.45) is 2.78. The number of hydrogen-bond acceptors (Lipinski definition) is 4. The summed E-state index contributed by atoms with van der Waals surface area (Å²) in [5.74, 6) is -0.340. The van der Waals surface area contributed by atoms with Gasteiger partial charge in [-0.05, 0) is 12.8 Å². The van der Waals surface area contributed by atoms with Gasteiger partial charge in [0.05, 0.1) is 13.2 Å². The quantitative estimate of drug-likeness (QED) is 0.534. The summed E-state index contributed by atoms with van der Waals surface area (Å²) in [4.78, 5) is 20.9. The molecule has 0 aromatic rings. The van der Waals surface area contributed by atoms with Gasteiger partial charge in [-0.15, -0.1) is 0 Å². The molecule has 0 spiro atoms. The second-order valence-electron chi connectivity index (χ2n) is 2.50. The topological polar surface area (TPSA) is 74.6 Å². The van der Waals surface area contributed by atoms with Crippen LogP contribution in [0, 0.1) is 0 Å². The molecule has 4 nitrogen and oxygen atoms in total. The number of aliphatic hydroxyl groups excluding tert-OH is 2. The smallest absolute Gasteiger partial charge is 0.198 e. The second-order valence-corrected chi connectivity index (χ2v) is 2.50. The van der Waals surface area contributed by atoms with Gasteiger partial charge in [0.2, 0.25) is 0 Å². The summed E-state index contributed by atoms with van der Waals surface area (Å²) in [5.41, 5.74) is 0. The number of carbonyl (C=O) groups is 2. The lowest BCUT2D eigenvalue weighted by Crippen LogP contribution is -2.17. The maximum Gasteiger partial charge on any atom is 0.198 e. The summed E-state index contributed by atoms with van der Waals surface area (Å²) in [7, 11) is 0.